The van der Waals surface area contributed by atoms with Gasteiger partial charge in [-0.3, -0.25) is 0 Å². The number of hydrogen-bond acceptors (Lipinski definition) is 2. The van der Waals surface area contributed by atoms with Crippen LogP contribution >= 0.6 is 50.9 Å². The standard InChI is InChI=1S/C13H7BrCl2O2S/c14-8-3-7(13(17)18)4-10(5-8)19-12-6-9(15)1-2-11(12)16/h1-6H,(H,17,18). The molecule has 0 unspecified atom stereocenters. The Morgan fingerprint density at radius 1 is 1.16 bits per heavy atom. The molecular formula is C13H7BrCl2O2S. The van der Waals surface area contributed by atoms with Crippen LogP contribution in [0.5, 0.6) is 0 Å². The fourth-order valence-corrected chi connectivity index (χ4v) is 3.52. The number of aromatic carboxylic acids is 1. The largest absolute Gasteiger partial charge is 0.478 e. The zero-order valence-corrected chi connectivity index (χ0v) is 13.3. The van der Waals surface area contributed by atoms with Gasteiger partial charge in [-0.1, -0.05) is 50.9 Å². The molecule has 2 rings (SSSR count). The zero-order valence-electron chi connectivity index (χ0n) is 9.36. The lowest BCUT2D eigenvalue weighted by Crippen LogP contribution is -1.96. The quantitative estimate of drug-likeness (QED) is 0.755. The molecule has 19 heavy (non-hydrogen) atoms. The summed E-state index contributed by atoms with van der Waals surface area (Å²) in [5.41, 5.74) is 0.218. The molecule has 0 aliphatic carbocycles. The second-order valence-corrected chi connectivity index (χ2v) is 6.53. The summed E-state index contributed by atoms with van der Waals surface area (Å²) in [6.45, 7) is 0. The van der Waals surface area contributed by atoms with Gasteiger partial charge in [-0.25, -0.2) is 4.79 Å². The van der Waals surface area contributed by atoms with Crippen molar-refractivity contribution >= 4 is 56.9 Å². The third-order valence-electron chi connectivity index (χ3n) is 2.24. The maximum absolute atomic E-state index is 11.0. The van der Waals surface area contributed by atoms with Crippen molar-refractivity contribution in [3.05, 3.63) is 56.5 Å². The highest BCUT2D eigenvalue weighted by molar-refractivity contribution is 9.10. The molecule has 1 N–H and O–H groups in total. The van der Waals surface area contributed by atoms with Gasteiger partial charge in [-0.15, -0.1) is 0 Å². The first-order chi connectivity index (χ1) is 8.95. The molecule has 0 aromatic heterocycles. The number of benzene rings is 2. The topological polar surface area (TPSA) is 37.3 Å². The van der Waals surface area contributed by atoms with Gasteiger partial charge in [0.15, 0.2) is 0 Å². The first-order valence-corrected chi connectivity index (χ1v) is 7.49. The van der Waals surface area contributed by atoms with E-state index in [1.807, 2.05) is 6.07 Å². The summed E-state index contributed by atoms with van der Waals surface area (Å²) >= 11 is 16.7. The minimum atomic E-state index is -0.972. The van der Waals surface area contributed by atoms with Gasteiger partial charge >= 0.3 is 5.97 Å². The van der Waals surface area contributed by atoms with Gasteiger partial charge in [0.25, 0.3) is 0 Å². The van der Waals surface area contributed by atoms with Crippen molar-refractivity contribution in [1.82, 2.24) is 0 Å². The van der Waals surface area contributed by atoms with Crippen LogP contribution in [0.3, 0.4) is 0 Å². The maximum atomic E-state index is 11.0. The molecule has 0 fully saturated rings. The van der Waals surface area contributed by atoms with E-state index in [1.54, 1.807) is 30.3 Å². The van der Waals surface area contributed by atoms with Gasteiger partial charge in [0.05, 0.1) is 10.6 Å². The third kappa shape index (κ3) is 3.89. The van der Waals surface area contributed by atoms with Crippen molar-refractivity contribution in [2.45, 2.75) is 9.79 Å². The lowest BCUT2D eigenvalue weighted by Gasteiger charge is -2.06. The van der Waals surface area contributed by atoms with Crippen molar-refractivity contribution in [2.75, 3.05) is 0 Å². The second kappa shape index (κ2) is 6.18. The number of halogens is 3. The summed E-state index contributed by atoms with van der Waals surface area (Å²) in [5, 5.41) is 10.2. The Hall–Kier alpha value is -0.680. The molecule has 2 aromatic carbocycles. The summed E-state index contributed by atoms with van der Waals surface area (Å²) in [4.78, 5) is 12.6. The number of rotatable bonds is 3. The zero-order chi connectivity index (χ0) is 14.0. The van der Waals surface area contributed by atoms with Gasteiger partial charge in [-0.05, 0) is 36.4 Å². The van der Waals surface area contributed by atoms with E-state index in [0.29, 0.717) is 14.5 Å². The predicted octanol–water partition coefficient (Wildman–Crippen LogP) is 5.61. The van der Waals surface area contributed by atoms with Gasteiger partial charge in [0, 0.05) is 19.3 Å². The number of carboxylic acids is 1. The Balaban J connectivity index is 2.38. The van der Waals surface area contributed by atoms with Crippen molar-refractivity contribution in [3.8, 4) is 0 Å². The molecule has 2 nitrogen and oxygen atoms in total. The fraction of sp³-hybridized carbons (Fsp3) is 0. The Labute approximate surface area is 132 Å². The molecule has 0 amide bonds. The monoisotopic (exact) mass is 376 g/mol. The highest BCUT2D eigenvalue weighted by Gasteiger charge is 2.09. The summed E-state index contributed by atoms with van der Waals surface area (Å²) in [6, 6.07) is 10.1. The van der Waals surface area contributed by atoms with Crippen LogP contribution < -0.4 is 0 Å². The van der Waals surface area contributed by atoms with Crippen LogP contribution in [0.2, 0.25) is 10.0 Å². The molecule has 0 spiro atoms. The van der Waals surface area contributed by atoms with Crippen molar-refractivity contribution in [2.24, 2.45) is 0 Å². The Morgan fingerprint density at radius 2 is 1.89 bits per heavy atom. The molecule has 6 heteroatoms. The van der Waals surface area contributed by atoms with E-state index in [9.17, 15) is 4.79 Å². The average molecular weight is 378 g/mol. The maximum Gasteiger partial charge on any atom is 0.335 e. The normalized spacial score (nSPS) is 10.5. The molecule has 0 saturated carbocycles. The molecule has 0 atom stereocenters. The van der Waals surface area contributed by atoms with Crippen LogP contribution in [0.15, 0.2) is 50.7 Å². The minimum Gasteiger partial charge on any atom is -0.478 e. The molecular weight excluding hydrogens is 371 g/mol. The molecule has 0 aliphatic rings. The van der Waals surface area contributed by atoms with Crippen LogP contribution in [-0.2, 0) is 0 Å². The summed E-state index contributed by atoms with van der Waals surface area (Å²) in [7, 11) is 0. The lowest BCUT2D eigenvalue weighted by atomic mass is 10.2. The number of carbonyl (C=O) groups is 1. The smallest absolute Gasteiger partial charge is 0.335 e. The molecule has 0 radical (unpaired) electrons. The summed E-state index contributed by atoms with van der Waals surface area (Å²) < 4.78 is 0.702. The highest BCUT2D eigenvalue weighted by atomic mass is 79.9. The number of carboxylic acid groups (broad SMARTS) is 1. The SMILES string of the molecule is O=C(O)c1cc(Br)cc(Sc2cc(Cl)ccc2Cl)c1. The minimum absolute atomic E-state index is 0.218. The number of hydrogen-bond donors (Lipinski definition) is 1. The molecule has 0 bridgehead atoms. The highest BCUT2D eigenvalue weighted by Crippen LogP contribution is 2.36. The molecule has 0 saturated heterocycles. The van der Waals surface area contributed by atoms with E-state index in [4.69, 9.17) is 28.3 Å². The Kier molecular flexibility index (Phi) is 4.79. The van der Waals surface area contributed by atoms with Crippen LogP contribution in [0.4, 0.5) is 0 Å². The molecule has 0 heterocycles. The van der Waals surface area contributed by atoms with Crippen molar-refractivity contribution < 1.29 is 9.90 Å². The van der Waals surface area contributed by atoms with Gasteiger partial charge in [0.2, 0.25) is 0 Å². The second-order valence-electron chi connectivity index (χ2n) is 3.66. The van der Waals surface area contributed by atoms with Crippen LogP contribution in [0.25, 0.3) is 0 Å². The summed E-state index contributed by atoms with van der Waals surface area (Å²) in [5.74, 6) is -0.972. The predicted molar refractivity (Wildman–Crippen MR) is 81.7 cm³/mol. The van der Waals surface area contributed by atoms with E-state index in [-0.39, 0.29) is 5.56 Å². The van der Waals surface area contributed by atoms with E-state index < -0.39 is 5.97 Å². The van der Waals surface area contributed by atoms with Crippen LogP contribution in [-0.4, -0.2) is 11.1 Å². The lowest BCUT2D eigenvalue weighted by molar-refractivity contribution is 0.0696. The Bertz CT molecular complexity index is 647. The first-order valence-electron chi connectivity index (χ1n) is 5.12. The van der Waals surface area contributed by atoms with E-state index in [0.717, 1.165) is 9.79 Å². The van der Waals surface area contributed by atoms with E-state index in [1.165, 1.54) is 11.8 Å². The van der Waals surface area contributed by atoms with E-state index >= 15 is 0 Å². The molecule has 98 valence electrons. The molecule has 0 aliphatic heterocycles. The summed E-state index contributed by atoms with van der Waals surface area (Å²) in [6.07, 6.45) is 0. The van der Waals surface area contributed by atoms with Crippen molar-refractivity contribution in [1.29, 1.82) is 0 Å². The average Bonchev–Trinajstić information content (AvgIpc) is 2.33. The first kappa shape index (κ1) is 14.7. The fourth-order valence-electron chi connectivity index (χ4n) is 1.43. The van der Waals surface area contributed by atoms with Crippen LogP contribution in [0, 0.1) is 0 Å². The Morgan fingerprint density at radius 3 is 2.58 bits per heavy atom. The van der Waals surface area contributed by atoms with Gasteiger partial charge in [-0.2, -0.15) is 0 Å². The van der Waals surface area contributed by atoms with Crippen LogP contribution in [0.1, 0.15) is 10.4 Å². The van der Waals surface area contributed by atoms with Crippen molar-refractivity contribution in [3.63, 3.8) is 0 Å². The molecule has 2 aromatic rings. The van der Waals surface area contributed by atoms with Gasteiger partial charge in [0.1, 0.15) is 0 Å². The van der Waals surface area contributed by atoms with E-state index in [2.05, 4.69) is 15.9 Å². The van der Waals surface area contributed by atoms with Gasteiger partial charge < -0.3 is 5.11 Å². The third-order valence-corrected chi connectivity index (χ3v) is 4.40.